The first kappa shape index (κ1) is 14.7. The van der Waals surface area contributed by atoms with Crippen LogP contribution in [0.3, 0.4) is 0 Å². The average Bonchev–Trinajstić information content (AvgIpc) is 2.80. The molecular formula is C17H21ClN2. The van der Waals surface area contributed by atoms with Crippen molar-refractivity contribution in [2.24, 2.45) is 0 Å². The van der Waals surface area contributed by atoms with Crippen LogP contribution in [0, 0.1) is 0 Å². The first-order chi connectivity index (χ1) is 9.75. The molecule has 2 aromatic carbocycles. The maximum absolute atomic E-state index is 6.23. The number of para-hydroxylation sites is 2. The number of nitrogens with zero attached hydrogens (tertiary/aromatic N) is 1. The molecule has 3 heteroatoms. The minimum Gasteiger partial charge on any atom is -0.364 e. The van der Waals surface area contributed by atoms with Crippen LogP contribution in [-0.2, 0) is 6.54 Å². The quantitative estimate of drug-likeness (QED) is 0.822. The third kappa shape index (κ3) is 2.91. The predicted octanol–water partition coefficient (Wildman–Crippen LogP) is 5.14. The van der Waals surface area contributed by atoms with Gasteiger partial charge in [-0.15, -0.1) is 0 Å². The monoisotopic (exact) mass is 288 g/mol. The van der Waals surface area contributed by atoms with Crippen LogP contribution in [0.1, 0.15) is 26.3 Å². The molecule has 0 aliphatic carbocycles. The molecule has 0 fully saturated rings. The third-order valence-electron chi connectivity index (χ3n) is 3.34. The summed E-state index contributed by atoms with van der Waals surface area (Å²) in [5.41, 5.74) is 3.59. The van der Waals surface area contributed by atoms with E-state index >= 15 is 0 Å². The molecule has 1 unspecified atom stereocenters. The van der Waals surface area contributed by atoms with Gasteiger partial charge in [-0.2, -0.15) is 0 Å². The van der Waals surface area contributed by atoms with Crippen molar-refractivity contribution in [1.82, 2.24) is 0 Å². The highest BCUT2D eigenvalue weighted by Crippen LogP contribution is 2.35. The van der Waals surface area contributed by atoms with Crippen molar-refractivity contribution in [2.75, 3.05) is 10.2 Å². The zero-order valence-electron chi connectivity index (χ0n) is 12.2. The van der Waals surface area contributed by atoms with Gasteiger partial charge in [0, 0.05) is 11.6 Å². The van der Waals surface area contributed by atoms with E-state index < -0.39 is 0 Å². The summed E-state index contributed by atoms with van der Waals surface area (Å²) in [5.74, 6) is 0. The second-order valence-corrected chi connectivity index (χ2v) is 4.96. The highest BCUT2D eigenvalue weighted by atomic mass is 35.5. The molecule has 2 aromatic rings. The van der Waals surface area contributed by atoms with Crippen LogP contribution in [-0.4, -0.2) is 6.17 Å². The van der Waals surface area contributed by atoms with E-state index in [1.807, 2.05) is 32.0 Å². The van der Waals surface area contributed by atoms with E-state index in [9.17, 15) is 0 Å². The second kappa shape index (κ2) is 6.67. The molecule has 0 radical (unpaired) electrons. The molecule has 20 heavy (non-hydrogen) atoms. The summed E-state index contributed by atoms with van der Waals surface area (Å²) in [6.45, 7) is 6.99. The van der Waals surface area contributed by atoms with E-state index in [4.69, 9.17) is 11.6 Å². The maximum Gasteiger partial charge on any atom is 0.0965 e. The van der Waals surface area contributed by atoms with Crippen LogP contribution < -0.4 is 10.2 Å². The van der Waals surface area contributed by atoms with Crippen molar-refractivity contribution < 1.29 is 0 Å². The topological polar surface area (TPSA) is 15.3 Å². The Morgan fingerprint density at radius 1 is 1.05 bits per heavy atom. The molecule has 0 aromatic heterocycles. The van der Waals surface area contributed by atoms with Gasteiger partial charge < -0.3 is 10.2 Å². The molecule has 2 nitrogen and oxygen atoms in total. The minimum absolute atomic E-state index is 0.290. The molecule has 1 aliphatic heterocycles. The molecule has 0 bridgehead atoms. The fourth-order valence-corrected chi connectivity index (χ4v) is 2.59. The summed E-state index contributed by atoms with van der Waals surface area (Å²) in [5, 5.41) is 4.30. The average molecular weight is 289 g/mol. The zero-order valence-corrected chi connectivity index (χ0v) is 13.0. The molecular weight excluding hydrogens is 268 g/mol. The van der Waals surface area contributed by atoms with E-state index in [0.717, 1.165) is 17.1 Å². The zero-order chi connectivity index (χ0) is 14.5. The fourth-order valence-electron chi connectivity index (χ4n) is 2.39. The Labute approximate surface area is 126 Å². The van der Waals surface area contributed by atoms with E-state index in [-0.39, 0.29) is 0 Å². The van der Waals surface area contributed by atoms with Crippen molar-refractivity contribution in [3.8, 4) is 0 Å². The number of halogens is 1. The van der Waals surface area contributed by atoms with Crippen molar-refractivity contribution >= 4 is 23.0 Å². The number of nitrogens with one attached hydrogen (secondary N) is 1. The van der Waals surface area contributed by atoms with Crippen LogP contribution in [0.5, 0.6) is 0 Å². The van der Waals surface area contributed by atoms with Gasteiger partial charge >= 0.3 is 0 Å². The Balaban J connectivity index is 0.000000704. The lowest BCUT2D eigenvalue weighted by Gasteiger charge is -2.24. The van der Waals surface area contributed by atoms with Crippen LogP contribution >= 0.6 is 11.6 Å². The number of anilines is 2. The summed E-state index contributed by atoms with van der Waals surface area (Å²) in [6.07, 6.45) is 0.290. The molecule has 0 saturated heterocycles. The van der Waals surface area contributed by atoms with Crippen LogP contribution in [0.15, 0.2) is 48.5 Å². The van der Waals surface area contributed by atoms with Gasteiger partial charge in [0.1, 0.15) is 0 Å². The van der Waals surface area contributed by atoms with Crippen LogP contribution in [0.2, 0.25) is 5.02 Å². The summed E-state index contributed by atoms with van der Waals surface area (Å²) >= 11 is 6.23. The minimum atomic E-state index is 0.290. The standard InChI is InChI=1S/C15H15ClN2.C2H6/c1-11-17-14-8-4-5-9-15(14)18(11)10-12-6-2-3-7-13(12)16;1-2/h2-9,11,17H,10H2,1H3;1-2H3. The van der Waals surface area contributed by atoms with Gasteiger partial charge in [0.25, 0.3) is 0 Å². The van der Waals surface area contributed by atoms with Gasteiger partial charge in [0.2, 0.25) is 0 Å². The summed E-state index contributed by atoms with van der Waals surface area (Å²) in [7, 11) is 0. The van der Waals surface area contributed by atoms with Crippen molar-refractivity contribution in [1.29, 1.82) is 0 Å². The fraction of sp³-hybridized carbons (Fsp3) is 0.294. The first-order valence-corrected chi connectivity index (χ1v) is 7.49. The van der Waals surface area contributed by atoms with Crippen LogP contribution in [0.4, 0.5) is 11.4 Å². The summed E-state index contributed by atoms with van der Waals surface area (Å²) in [4.78, 5) is 2.33. The molecule has 1 aliphatic rings. The predicted molar refractivity (Wildman–Crippen MR) is 88.5 cm³/mol. The van der Waals surface area contributed by atoms with Gasteiger partial charge in [-0.3, -0.25) is 0 Å². The van der Waals surface area contributed by atoms with Crippen LogP contribution in [0.25, 0.3) is 0 Å². The Hall–Kier alpha value is -1.67. The van der Waals surface area contributed by atoms with Crippen molar-refractivity contribution in [3.05, 3.63) is 59.1 Å². The third-order valence-corrected chi connectivity index (χ3v) is 3.71. The SMILES string of the molecule is CC.CC1Nc2ccccc2N1Cc1ccccc1Cl. The van der Waals surface area contributed by atoms with Crippen molar-refractivity contribution in [2.45, 2.75) is 33.5 Å². The molecule has 1 N–H and O–H groups in total. The number of fused-ring (bicyclic) bond motifs is 1. The lowest BCUT2D eigenvalue weighted by molar-refractivity contribution is 0.725. The maximum atomic E-state index is 6.23. The Kier molecular flexibility index (Phi) is 4.91. The molecule has 0 spiro atoms. The molecule has 0 saturated carbocycles. The number of hydrogen-bond donors (Lipinski definition) is 1. The highest BCUT2D eigenvalue weighted by Gasteiger charge is 2.24. The smallest absolute Gasteiger partial charge is 0.0965 e. The van der Waals surface area contributed by atoms with Crippen molar-refractivity contribution in [3.63, 3.8) is 0 Å². The van der Waals surface area contributed by atoms with E-state index in [2.05, 4.69) is 47.5 Å². The second-order valence-electron chi connectivity index (χ2n) is 4.56. The van der Waals surface area contributed by atoms with E-state index in [0.29, 0.717) is 6.17 Å². The lowest BCUT2D eigenvalue weighted by atomic mass is 10.2. The molecule has 3 rings (SSSR count). The normalized spacial score (nSPS) is 16.0. The lowest BCUT2D eigenvalue weighted by Crippen LogP contribution is -2.32. The van der Waals surface area contributed by atoms with Gasteiger partial charge in [0.15, 0.2) is 0 Å². The highest BCUT2D eigenvalue weighted by molar-refractivity contribution is 6.31. The molecule has 0 amide bonds. The number of hydrogen-bond acceptors (Lipinski definition) is 2. The Bertz CT molecular complexity index is 568. The van der Waals surface area contributed by atoms with Gasteiger partial charge in [-0.05, 0) is 30.7 Å². The largest absolute Gasteiger partial charge is 0.364 e. The summed E-state index contributed by atoms with van der Waals surface area (Å²) < 4.78 is 0. The molecule has 1 heterocycles. The first-order valence-electron chi connectivity index (χ1n) is 7.11. The number of benzene rings is 2. The Morgan fingerprint density at radius 3 is 2.45 bits per heavy atom. The Morgan fingerprint density at radius 2 is 1.70 bits per heavy atom. The van der Waals surface area contributed by atoms with Gasteiger partial charge in [-0.25, -0.2) is 0 Å². The van der Waals surface area contributed by atoms with E-state index in [1.165, 1.54) is 11.4 Å². The number of rotatable bonds is 2. The molecule has 1 atom stereocenters. The molecule has 106 valence electrons. The van der Waals surface area contributed by atoms with E-state index in [1.54, 1.807) is 0 Å². The summed E-state index contributed by atoms with van der Waals surface area (Å²) in [6, 6.07) is 16.4. The van der Waals surface area contributed by atoms with Gasteiger partial charge in [-0.1, -0.05) is 55.8 Å². The van der Waals surface area contributed by atoms with Gasteiger partial charge in [0.05, 0.1) is 17.5 Å².